The Morgan fingerprint density at radius 1 is 1.50 bits per heavy atom. The molecule has 3 nitrogen and oxygen atoms in total. The molecule has 0 aliphatic heterocycles. The van der Waals surface area contributed by atoms with Gasteiger partial charge in [0.2, 0.25) is 0 Å². The maximum atomic E-state index is 10.5. The minimum absolute atomic E-state index is 0.00833. The average molecular weight is 173 g/mol. The fraction of sp³-hybridized carbons (Fsp3) is 0.889. The molecule has 0 rings (SSSR count). The second kappa shape index (κ2) is 4.45. The molecule has 0 aliphatic carbocycles. The van der Waals surface area contributed by atoms with Crippen molar-refractivity contribution in [3.8, 4) is 0 Å². The fourth-order valence-electron chi connectivity index (χ4n) is 1.11. The van der Waals surface area contributed by atoms with Crippen LogP contribution in [0.5, 0.6) is 0 Å². The van der Waals surface area contributed by atoms with Crippen molar-refractivity contribution >= 4 is 5.97 Å². The number of carbonyl (C=O) groups is 1. The second-order valence-electron chi connectivity index (χ2n) is 4.07. The van der Waals surface area contributed by atoms with Gasteiger partial charge in [0.15, 0.2) is 0 Å². The highest BCUT2D eigenvalue weighted by molar-refractivity contribution is 5.67. The molecule has 0 aromatic carbocycles. The molecular formula is C9H19NO2. The van der Waals surface area contributed by atoms with Crippen molar-refractivity contribution < 1.29 is 9.90 Å². The highest BCUT2D eigenvalue weighted by Crippen LogP contribution is 2.21. The van der Waals surface area contributed by atoms with Crippen LogP contribution < -0.4 is 5.32 Å². The van der Waals surface area contributed by atoms with Crippen molar-refractivity contribution in [3.05, 3.63) is 0 Å². The van der Waals surface area contributed by atoms with Gasteiger partial charge in [-0.15, -0.1) is 0 Å². The zero-order chi connectivity index (χ0) is 9.78. The molecule has 0 fully saturated rings. The van der Waals surface area contributed by atoms with Crippen LogP contribution in [-0.4, -0.2) is 23.7 Å². The highest BCUT2D eigenvalue weighted by Gasteiger charge is 2.25. The van der Waals surface area contributed by atoms with E-state index in [0.717, 1.165) is 6.54 Å². The summed E-state index contributed by atoms with van der Waals surface area (Å²) in [5.41, 5.74) is 0.00833. The number of hydrogen-bond donors (Lipinski definition) is 2. The SMILES string of the molecule is CCNC(CC(=O)O)C(C)(C)C. The summed E-state index contributed by atoms with van der Waals surface area (Å²) >= 11 is 0. The van der Waals surface area contributed by atoms with Gasteiger partial charge in [-0.3, -0.25) is 4.79 Å². The van der Waals surface area contributed by atoms with E-state index in [0.29, 0.717) is 0 Å². The first-order chi connectivity index (χ1) is 5.38. The first kappa shape index (κ1) is 11.4. The lowest BCUT2D eigenvalue weighted by Crippen LogP contribution is -2.41. The van der Waals surface area contributed by atoms with Gasteiger partial charge in [-0.25, -0.2) is 0 Å². The van der Waals surface area contributed by atoms with Gasteiger partial charge in [-0.2, -0.15) is 0 Å². The quantitative estimate of drug-likeness (QED) is 0.677. The Labute approximate surface area is 74.2 Å². The lowest BCUT2D eigenvalue weighted by Gasteiger charge is -2.30. The van der Waals surface area contributed by atoms with Gasteiger partial charge in [0, 0.05) is 6.04 Å². The van der Waals surface area contributed by atoms with Crippen LogP contribution in [0.2, 0.25) is 0 Å². The van der Waals surface area contributed by atoms with Crippen molar-refractivity contribution in [2.45, 2.75) is 40.2 Å². The number of carboxylic acid groups (broad SMARTS) is 1. The largest absolute Gasteiger partial charge is 0.481 e. The van der Waals surface area contributed by atoms with Crippen molar-refractivity contribution in [3.63, 3.8) is 0 Å². The zero-order valence-corrected chi connectivity index (χ0v) is 8.35. The van der Waals surface area contributed by atoms with E-state index in [1.807, 2.05) is 27.7 Å². The second-order valence-corrected chi connectivity index (χ2v) is 4.07. The van der Waals surface area contributed by atoms with Gasteiger partial charge >= 0.3 is 5.97 Å². The standard InChI is InChI=1S/C9H19NO2/c1-5-10-7(6-8(11)12)9(2,3)4/h7,10H,5-6H2,1-4H3,(H,11,12). The molecule has 12 heavy (non-hydrogen) atoms. The number of rotatable bonds is 4. The van der Waals surface area contributed by atoms with Crippen molar-refractivity contribution in [1.29, 1.82) is 0 Å². The van der Waals surface area contributed by atoms with E-state index in [-0.39, 0.29) is 17.9 Å². The Balaban J connectivity index is 4.13. The van der Waals surface area contributed by atoms with Crippen LogP contribution in [0.3, 0.4) is 0 Å². The third kappa shape index (κ3) is 4.34. The van der Waals surface area contributed by atoms with Gasteiger partial charge < -0.3 is 10.4 Å². The number of hydrogen-bond acceptors (Lipinski definition) is 2. The molecule has 0 saturated heterocycles. The maximum absolute atomic E-state index is 10.5. The first-order valence-corrected chi connectivity index (χ1v) is 4.33. The summed E-state index contributed by atoms with van der Waals surface area (Å²) < 4.78 is 0. The third-order valence-corrected chi connectivity index (χ3v) is 1.87. The van der Waals surface area contributed by atoms with Crippen LogP contribution in [0.15, 0.2) is 0 Å². The van der Waals surface area contributed by atoms with Crippen LogP contribution >= 0.6 is 0 Å². The number of aliphatic carboxylic acids is 1. The lowest BCUT2D eigenvalue weighted by atomic mass is 9.85. The summed E-state index contributed by atoms with van der Waals surface area (Å²) in [5, 5.41) is 11.8. The minimum Gasteiger partial charge on any atom is -0.481 e. The summed E-state index contributed by atoms with van der Waals surface area (Å²) in [6.07, 6.45) is 0.192. The van der Waals surface area contributed by atoms with E-state index in [1.165, 1.54) is 0 Å². The van der Waals surface area contributed by atoms with Gasteiger partial charge in [-0.1, -0.05) is 27.7 Å². The molecular weight excluding hydrogens is 154 g/mol. The molecule has 0 aromatic heterocycles. The van der Waals surface area contributed by atoms with Crippen LogP contribution in [0.4, 0.5) is 0 Å². The monoisotopic (exact) mass is 173 g/mol. The Morgan fingerprint density at radius 3 is 2.25 bits per heavy atom. The molecule has 3 heteroatoms. The van der Waals surface area contributed by atoms with E-state index in [4.69, 9.17) is 5.11 Å². The normalized spacial score (nSPS) is 14.3. The topological polar surface area (TPSA) is 49.3 Å². The molecule has 0 aromatic rings. The summed E-state index contributed by atoms with van der Waals surface area (Å²) in [6, 6.07) is 0.0556. The molecule has 0 bridgehead atoms. The molecule has 0 amide bonds. The summed E-state index contributed by atoms with van der Waals surface area (Å²) in [5.74, 6) is -0.740. The molecule has 0 aliphatic rings. The van der Waals surface area contributed by atoms with Gasteiger partial charge in [0.1, 0.15) is 0 Å². The maximum Gasteiger partial charge on any atom is 0.304 e. The van der Waals surface area contributed by atoms with Gasteiger partial charge in [-0.05, 0) is 12.0 Å². The predicted molar refractivity (Wildman–Crippen MR) is 49.2 cm³/mol. The smallest absolute Gasteiger partial charge is 0.304 e. The first-order valence-electron chi connectivity index (χ1n) is 4.33. The predicted octanol–water partition coefficient (Wildman–Crippen LogP) is 1.49. The molecule has 2 N–H and O–H groups in total. The van der Waals surface area contributed by atoms with Crippen molar-refractivity contribution in [2.75, 3.05) is 6.54 Å². The Kier molecular flexibility index (Phi) is 4.24. The molecule has 0 heterocycles. The summed E-state index contributed by atoms with van der Waals surface area (Å²) in [4.78, 5) is 10.5. The lowest BCUT2D eigenvalue weighted by molar-refractivity contribution is -0.138. The molecule has 0 radical (unpaired) electrons. The van der Waals surface area contributed by atoms with Crippen molar-refractivity contribution in [2.24, 2.45) is 5.41 Å². The van der Waals surface area contributed by atoms with Crippen LogP contribution in [0, 0.1) is 5.41 Å². The molecule has 0 saturated carbocycles. The zero-order valence-electron chi connectivity index (χ0n) is 8.35. The Bertz CT molecular complexity index is 149. The van der Waals surface area contributed by atoms with E-state index < -0.39 is 5.97 Å². The van der Waals surface area contributed by atoms with E-state index in [9.17, 15) is 4.79 Å². The van der Waals surface area contributed by atoms with E-state index in [2.05, 4.69) is 5.32 Å². The average Bonchev–Trinajstić information content (AvgIpc) is 1.83. The van der Waals surface area contributed by atoms with E-state index >= 15 is 0 Å². The van der Waals surface area contributed by atoms with Gasteiger partial charge in [0.25, 0.3) is 0 Å². The van der Waals surface area contributed by atoms with Crippen LogP contribution in [0.25, 0.3) is 0 Å². The number of nitrogens with one attached hydrogen (secondary N) is 1. The van der Waals surface area contributed by atoms with Gasteiger partial charge in [0.05, 0.1) is 6.42 Å². The number of carboxylic acids is 1. The van der Waals surface area contributed by atoms with Crippen molar-refractivity contribution in [1.82, 2.24) is 5.32 Å². The fourth-order valence-corrected chi connectivity index (χ4v) is 1.11. The minimum atomic E-state index is -0.740. The molecule has 1 unspecified atom stereocenters. The summed E-state index contributed by atoms with van der Waals surface area (Å²) in [6.45, 7) is 8.94. The molecule has 0 spiro atoms. The Morgan fingerprint density at radius 2 is 2.00 bits per heavy atom. The van der Waals surface area contributed by atoms with Crippen LogP contribution in [0.1, 0.15) is 34.1 Å². The Hall–Kier alpha value is -0.570. The molecule has 72 valence electrons. The molecule has 1 atom stereocenters. The summed E-state index contributed by atoms with van der Waals surface area (Å²) in [7, 11) is 0. The third-order valence-electron chi connectivity index (χ3n) is 1.87. The van der Waals surface area contributed by atoms with E-state index in [1.54, 1.807) is 0 Å². The highest BCUT2D eigenvalue weighted by atomic mass is 16.4. The van der Waals surface area contributed by atoms with Crippen LogP contribution in [-0.2, 0) is 4.79 Å².